The summed E-state index contributed by atoms with van der Waals surface area (Å²) < 4.78 is 0. The molecule has 0 bridgehead atoms. The van der Waals surface area contributed by atoms with Crippen LogP contribution in [0.1, 0.15) is 39.0 Å². The van der Waals surface area contributed by atoms with E-state index in [1.807, 2.05) is 19.1 Å². The Hall–Kier alpha value is -3.25. The van der Waals surface area contributed by atoms with E-state index >= 15 is 0 Å². The van der Waals surface area contributed by atoms with Gasteiger partial charge in [0.25, 0.3) is 5.91 Å². The minimum Gasteiger partial charge on any atom is -0.324 e. The summed E-state index contributed by atoms with van der Waals surface area (Å²) in [6.07, 6.45) is 0. The number of halogens is 1. The molecule has 3 aromatic rings. The quantitative estimate of drug-likeness (QED) is 0.598. The molecule has 0 aliphatic rings. The van der Waals surface area contributed by atoms with Gasteiger partial charge in [-0.15, -0.1) is 0 Å². The number of ketones is 1. The van der Waals surface area contributed by atoms with Crippen LogP contribution in [0.2, 0.25) is 5.02 Å². The second kappa shape index (κ2) is 8.19. The SMILES string of the molecule is CC(=O)c1cccc(NC(=O)c2cc(C)nc(Nc3cccc(Cl)c3C)n2)c1. The fourth-order valence-corrected chi connectivity index (χ4v) is 2.79. The summed E-state index contributed by atoms with van der Waals surface area (Å²) >= 11 is 6.15. The number of rotatable bonds is 5. The Labute approximate surface area is 168 Å². The van der Waals surface area contributed by atoms with Gasteiger partial charge in [-0.3, -0.25) is 9.59 Å². The summed E-state index contributed by atoms with van der Waals surface area (Å²) in [5.41, 5.74) is 3.52. The monoisotopic (exact) mass is 394 g/mol. The summed E-state index contributed by atoms with van der Waals surface area (Å²) in [7, 11) is 0. The van der Waals surface area contributed by atoms with Crippen LogP contribution in [0.5, 0.6) is 0 Å². The number of hydrogen-bond acceptors (Lipinski definition) is 5. The lowest BCUT2D eigenvalue weighted by Crippen LogP contribution is -2.16. The van der Waals surface area contributed by atoms with Crippen molar-refractivity contribution in [3.05, 3.63) is 76.1 Å². The zero-order valence-corrected chi connectivity index (χ0v) is 16.5. The van der Waals surface area contributed by atoms with E-state index in [0.29, 0.717) is 27.9 Å². The second-order valence-corrected chi connectivity index (χ2v) is 6.75. The molecule has 0 radical (unpaired) electrons. The number of anilines is 3. The van der Waals surface area contributed by atoms with E-state index in [1.165, 1.54) is 6.92 Å². The van der Waals surface area contributed by atoms with E-state index in [0.717, 1.165) is 11.3 Å². The Morgan fingerprint density at radius 3 is 2.50 bits per heavy atom. The van der Waals surface area contributed by atoms with Crippen LogP contribution in [-0.4, -0.2) is 21.7 Å². The van der Waals surface area contributed by atoms with Gasteiger partial charge in [-0.2, -0.15) is 0 Å². The van der Waals surface area contributed by atoms with Crippen molar-refractivity contribution in [2.24, 2.45) is 0 Å². The standard InChI is InChI=1S/C21H19ClN4O2/c1-12-10-19(20(28)24-16-7-4-6-15(11-16)14(3)27)26-21(23-12)25-18-9-5-8-17(22)13(18)2/h4-11H,1-3H3,(H,24,28)(H,23,25,26). The highest BCUT2D eigenvalue weighted by Gasteiger charge is 2.13. The van der Waals surface area contributed by atoms with Crippen LogP contribution in [0.3, 0.4) is 0 Å². The molecule has 0 unspecified atom stereocenters. The molecule has 1 amide bonds. The number of nitrogens with one attached hydrogen (secondary N) is 2. The molecule has 0 aliphatic carbocycles. The molecular formula is C21H19ClN4O2. The fraction of sp³-hybridized carbons (Fsp3) is 0.143. The molecule has 7 heteroatoms. The number of hydrogen-bond donors (Lipinski definition) is 2. The third-order valence-corrected chi connectivity index (χ3v) is 4.54. The molecule has 0 spiro atoms. The van der Waals surface area contributed by atoms with Crippen molar-refractivity contribution in [3.8, 4) is 0 Å². The van der Waals surface area contributed by atoms with Gasteiger partial charge in [0.1, 0.15) is 5.69 Å². The number of carbonyl (C=O) groups is 2. The van der Waals surface area contributed by atoms with Gasteiger partial charge >= 0.3 is 0 Å². The molecule has 142 valence electrons. The van der Waals surface area contributed by atoms with Gasteiger partial charge in [-0.1, -0.05) is 29.8 Å². The first kappa shape index (κ1) is 19.5. The number of aromatic nitrogens is 2. The molecule has 0 saturated carbocycles. The summed E-state index contributed by atoms with van der Waals surface area (Å²) in [6.45, 7) is 5.14. The molecule has 1 heterocycles. The highest BCUT2D eigenvalue weighted by Crippen LogP contribution is 2.25. The van der Waals surface area contributed by atoms with E-state index in [4.69, 9.17) is 11.6 Å². The Kier molecular flexibility index (Phi) is 5.70. The van der Waals surface area contributed by atoms with E-state index in [9.17, 15) is 9.59 Å². The molecule has 0 aliphatic heterocycles. The van der Waals surface area contributed by atoms with Crippen molar-refractivity contribution in [1.29, 1.82) is 0 Å². The van der Waals surface area contributed by atoms with Gasteiger partial charge < -0.3 is 10.6 Å². The number of nitrogens with zero attached hydrogens (tertiary/aromatic N) is 2. The Bertz CT molecular complexity index is 1070. The smallest absolute Gasteiger partial charge is 0.274 e. The van der Waals surface area contributed by atoms with Crippen molar-refractivity contribution >= 4 is 40.6 Å². The van der Waals surface area contributed by atoms with Crippen LogP contribution in [0.25, 0.3) is 0 Å². The molecular weight excluding hydrogens is 376 g/mol. The fourth-order valence-electron chi connectivity index (χ4n) is 2.62. The van der Waals surface area contributed by atoms with E-state index in [2.05, 4.69) is 20.6 Å². The van der Waals surface area contributed by atoms with Gasteiger partial charge in [0, 0.05) is 27.7 Å². The van der Waals surface area contributed by atoms with Crippen molar-refractivity contribution in [2.75, 3.05) is 10.6 Å². The van der Waals surface area contributed by atoms with E-state index in [-0.39, 0.29) is 11.5 Å². The summed E-state index contributed by atoms with van der Waals surface area (Å²) in [6, 6.07) is 13.8. The predicted octanol–water partition coefficient (Wildman–Crippen LogP) is 4.95. The largest absolute Gasteiger partial charge is 0.324 e. The van der Waals surface area contributed by atoms with Crippen LogP contribution >= 0.6 is 11.6 Å². The van der Waals surface area contributed by atoms with Crippen molar-refractivity contribution in [2.45, 2.75) is 20.8 Å². The van der Waals surface area contributed by atoms with Gasteiger partial charge in [0.15, 0.2) is 5.78 Å². The lowest BCUT2D eigenvalue weighted by molar-refractivity contribution is 0.100. The number of aryl methyl sites for hydroxylation is 1. The van der Waals surface area contributed by atoms with Crippen LogP contribution < -0.4 is 10.6 Å². The van der Waals surface area contributed by atoms with Gasteiger partial charge in [0.05, 0.1) is 0 Å². The van der Waals surface area contributed by atoms with E-state index < -0.39 is 5.91 Å². The first-order chi connectivity index (χ1) is 13.3. The van der Waals surface area contributed by atoms with Crippen molar-refractivity contribution in [1.82, 2.24) is 9.97 Å². The molecule has 3 rings (SSSR count). The average molecular weight is 395 g/mol. The zero-order chi connectivity index (χ0) is 20.3. The Balaban J connectivity index is 1.84. The first-order valence-corrected chi connectivity index (χ1v) is 9.01. The normalized spacial score (nSPS) is 10.4. The summed E-state index contributed by atoms with van der Waals surface area (Å²) in [5.74, 6) is -0.164. The minimum absolute atomic E-state index is 0.0719. The maximum absolute atomic E-state index is 12.6. The highest BCUT2D eigenvalue weighted by atomic mass is 35.5. The Morgan fingerprint density at radius 1 is 1.00 bits per heavy atom. The van der Waals surface area contributed by atoms with Crippen LogP contribution in [0.4, 0.5) is 17.3 Å². The molecule has 2 N–H and O–H groups in total. The maximum atomic E-state index is 12.6. The molecule has 1 aromatic heterocycles. The molecule has 0 atom stereocenters. The third-order valence-electron chi connectivity index (χ3n) is 4.13. The zero-order valence-electron chi connectivity index (χ0n) is 15.7. The topological polar surface area (TPSA) is 84.0 Å². The Morgan fingerprint density at radius 2 is 1.75 bits per heavy atom. The lowest BCUT2D eigenvalue weighted by atomic mass is 10.1. The molecule has 6 nitrogen and oxygen atoms in total. The van der Waals surface area contributed by atoms with E-state index in [1.54, 1.807) is 43.3 Å². The second-order valence-electron chi connectivity index (χ2n) is 6.35. The summed E-state index contributed by atoms with van der Waals surface area (Å²) in [5, 5.41) is 6.49. The maximum Gasteiger partial charge on any atom is 0.274 e. The van der Waals surface area contributed by atoms with Gasteiger partial charge in [0.2, 0.25) is 5.95 Å². The predicted molar refractivity (Wildman–Crippen MR) is 111 cm³/mol. The van der Waals surface area contributed by atoms with Crippen molar-refractivity contribution < 1.29 is 9.59 Å². The lowest BCUT2D eigenvalue weighted by Gasteiger charge is -2.11. The molecule has 28 heavy (non-hydrogen) atoms. The van der Waals surface area contributed by atoms with Gasteiger partial charge in [-0.25, -0.2) is 9.97 Å². The number of Topliss-reactive ketones (excluding diaryl/α,β-unsaturated/α-hetero) is 1. The van der Waals surface area contributed by atoms with Gasteiger partial charge in [-0.05, 0) is 56.7 Å². The molecule has 0 saturated heterocycles. The number of carbonyl (C=O) groups excluding carboxylic acids is 2. The first-order valence-electron chi connectivity index (χ1n) is 8.63. The van der Waals surface area contributed by atoms with Crippen LogP contribution in [0.15, 0.2) is 48.5 Å². The minimum atomic E-state index is -0.392. The van der Waals surface area contributed by atoms with Crippen molar-refractivity contribution in [3.63, 3.8) is 0 Å². The van der Waals surface area contributed by atoms with Crippen LogP contribution in [0, 0.1) is 13.8 Å². The number of amides is 1. The third kappa shape index (κ3) is 4.53. The number of benzene rings is 2. The molecule has 2 aromatic carbocycles. The summed E-state index contributed by atoms with van der Waals surface area (Å²) in [4.78, 5) is 32.8. The average Bonchev–Trinajstić information content (AvgIpc) is 2.65. The molecule has 0 fully saturated rings. The van der Waals surface area contributed by atoms with Crippen LogP contribution in [-0.2, 0) is 0 Å². The highest BCUT2D eigenvalue weighted by molar-refractivity contribution is 6.31.